The lowest BCUT2D eigenvalue weighted by Crippen LogP contribution is -2.39. The zero-order valence-electron chi connectivity index (χ0n) is 12.4. The molecule has 1 atom stereocenters. The Morgan fingerprint density at radius 3 is 2.52 bits per heavy atom. The van der Waals surface area contributed by atoms with E-state index in [0.717, 1.165) is 12.3 Å². The van der Waals surface area contributed by atoms with Crippen molar-refractivity contribution in [2.24, 2.45) is 0 Å². The summed E-state index contributed by atoms with van der Waals surface area (Å²) in [4.78, 5) is 2.10. The van der Waals surface area contributed by atoms with Crippen LogP contribution < -0.4 is 10.6 Å². The Kier molecular flexibility index (Phi) is 5.78. The molecule has 1 aromatic heterocycles. The van der Waals surface area contributed by atoms with Gasteiger partial charge in [-0.1, -0.05) is 30.3 Å². The zero-order valence-corrected chi connectivity index (χ0v) is 13.2. The number of nitrogens with zero attached hydrogens (tertiary/aromatic N) is 1. The van der Waals surface area contributed by atoms with Gasteiger partial charge in [0.05, 0.1) is 12.3 Å². The third-order valence-electron chi connectivity index (χ3n) is 3.25. The van der Waals surface area contributed by atoms with Gasteiger partial charge in [0.2, 0.25) is 0 Å². The van der Waals surface area contributed by atoms with Crippen molar-refractivity contribution < 1.29 is 4.42 Å². The van der Waals surface area contributed by atoms with Crippen LogP contribution in [0, 0.1) is 0 Å². The molecule has 0 aliphatic carbocycles. The predicted octanol–water partition coefficient (Wildman–Crippen LogP) is 2.55. The van der Waals surface area contributed by atoms with Gasteiger partial charge in [0.25, 0.3) is 0 Å². The van der Waals surface area contributed by atoms with Gasteiger partial charge in [-0.05, 0) is 44.0 Å². The smallest absolute Gasteiger partial charge is 0.166 e. The van der Waals surface area contributed by atoms with Crippen molar-refractivity contribution in [3.63, 3.8) is 0 Å². The van der Waals surface area contributed by atoms with Crippen molar-refractivity contribution >= 4 is 17.3 Å². The highest BCUT2D eigenvalue weighted by Gasteiger charge is 2.16. The van der Waals surface area contributed by atoms with Crippen molar-refractivity contribution in [1.82, 2.24) is 15.5 Å². The molecule has 0 amide bonds. The van der Waals surface area contributed by atoms with Crippen molar-refractivity contribution in [1.29, 1.82) is 0 Å². The summed E-state index contributed by atoms with van der Waals surface area (Å²) >= 11 is 5.32. The van der Waals surface area contributed by atoms with Crippen molar-refractivity contribution in [2.45, 2.75) is 12.6 Å². The van der Waals surface area contributed by atoms with Gasteiger partial charge < -0.3 is 15.1 Å². The maximum atomic E-state index is 5.47. The molecule has 4 nitrogen and oxygen atoms in total. The first kappa shape index (κ1) is 15.5. The summed E-state index contributed by atoms with van der Waals surface area (Å²) in [6.07, 6.45) is 1.69. The van der Waals surface area contributed by atoms with Crippen LogP contribution in [-0.2, 0) is 6.54 Å². The molecule has 0 radical (unpaired) electrons. The molecule has 5 heteroatoms. The molecular formula is C16H21N3OS. The Labute approximate surface area is 131 Å². The molecule has 0 aliphatic heterocycles. The molecule has 1 heterocycles. The first-order chi connectivity index (χ1) is 10.2. The monoisotopic (exact) mass is 303 g/mol. The molecule has 0 bridgehead atoms. The van der Waals surface area contributed by atoms with E-state index in [2.05, 4.69) is 27.7 Å². The number of hydrogen-bond donors (Lipinski definition) is 2. The largest absolute Gasteiger partial charge is 0.468 e. The first-order valence-corrected chi connectivity index (χ1v) is 7.33. The van der Waals surface area contributed by atoms with E-state index in [1.165, 1.54) is 5.56 Å². The van der Waals surface area contributed by atoms with E-state index in [9.17, 15) is 0 Å². The second kappa shape index (κ2) is 7.81. The molecule has 2 aromatic rings. The maximum absolute atomic E-state index is 5.47. The van der Waals surface area contributed by atoms with Gasteiger partial charge in [0, 0.05) is 13.1 Å². The highest BCUT2D eigenvalue weighted by Crippen LogP contribution is 2.17. The Morgan fingerprint density at radius 1 is 1.14 bits per heavy atom. The van der Waals surface area contributed by atoms with E-state index in [1.54, 1.807) is 6.26 Å². The fourth-order valence-electron chi connectivity index (χ4n) is 2.05. The van der Waals surface area contributed by atoms with E-state index in [0.29, 0.717) is 11.7 Å². The zero-order chi connectivity index (χ0) is 15.1. The van der Waals surface area contributed by atoms with E-state index in [1.807, 2.05) is 44.4 Å². The summed E-state index contributed by atoms with van der Waals surface area (Å²) in [5, 5.41) is 7.10. The lowest BCUT2D eigenvalue weighted by atomic mass is 10.2. The van der Waals surface area contributed by atoms with Crippen molar-refractivity contribution in [2.75, 3.05) is 20.6 Å². The maximum Gasteiger partial charge on any atom is 0.166 e. The Hall–Kier alpha value is -1.85. The average molecular weight is 303 g/mol. The second-order valence-corrected chi connectivity index (χ2v) is 5.45. The number of nitrogens with one attached hydrogen (secondary N) is 2. The molecule has 0 unspecified atom stereocenters. The summed E-state index contributed by atoms with van der Waals surface area (Å²) in [6, 6.07) is 14.2. The fourth-order valence-corrected chi connectivity index (χ4v) is 2.20. The fraction of sp³-hybridized carbons (Fsp3) is 0.312. The molecule has 0 fully saturated rings. The van der Waals surface area contributed by atoms with Crippen LogP contribution in [0.1, 0.15) is 17.4 Å². The Morgan fingerprint density at radius 2 is 1.90 bits per heavy atom. The lowest BCUT2D eigenvalue weighted by molar-refractivity contribution is 0.258. The van der Waals surface area contributed by atoms with Crippen LogP contribution in [0.3, 0.4) is 0 Å². The van der Waals surface area contributed by atoms with Crippen molar-refractivity contribution in [3.8, 4) is 0 Å². The van der Waals surface area contributed by atoms with Crippen LogP contribution in [0.5, 0.6) is 0 Å². The normalized spacial score (nSPS) is 12.1. The summed E-state index contributed by atoms with van der Waals surface area (Å²) in [6.45, 7) is 1.42. The van der Waals surface area contributed by atoms with Crippen LogP contribution in [0.2, 0.25) is 0 Å². The molecule has 0 aliphatic rings. The minimum absolute atomic E-state index is 0.150. The van der Waals surface area contributed by atoms with Gasteiger partial charge >= 0.3 is 0 Å². The van der Waals surface area contributed by atoms with Crippen molar-refractivity contribution in [3.05, 3.63) is 60.1 Å². The highest BCUT2D eigenvalue weighted by atomic mass is 32.1. The highest BCUT2D eigenvalue weighted by molar-refractivity contribution is 7.80. The second-order valence-electron chi connectivity index (χ2n) is 5.04. The van der Waals surface area contributed by atoms with Crippen LogP contribution in [0.25, 0.3) is 0 Å². The van der Waals surface area contributed by atoms with E-state index in [-0.39, 0.29) is 6.04 Å². The third-order valence-corrected chi connectivity index (χ3v) is 3.54. The topological polar surface area (TPSA) is 40.4 Å². The predicted molar refractivity (Wildman–Crippen MR) is 89.0 cm³/mol. The van der Waals surface area contributed by atoms with Gasteiger partial charge in [-0.25, -0.2) is 0 Å². The van der Waals surface area contributed by atoms with Crippen LogP contribution in [0.4, 0.5) is 0 Å². The van der Waals surface area contributed by atoms with E-state index < -0.39 is 0 Å². The SMILES string of the molecule is CN(C)[C@H](CNC(=S)NCc1ccccc1)c1ccco1. The summed E-state index contributed by atoms with van der Waals surface area (Å²) in [5.74, 6) is 0.929. The minimum atomic E-state index is 0.150. The molecule has 112 valence electrons. The summed E-state index contributed by atoms with van der Waals surface area (Å²) in [7, 11) is 4.05. The number of hydrogen-bond acceptors (Lipinski definition) is 3. The molecule has 0 saturated heterocycles. The van der Waals surface area contributed by atoms with Crippen LogP contribution in [-0.4, -0.2) is 30.7 Å². The number of thiocarbonyl (C=S) groups is 1. The summed E-state index contributed by atoms with van der Waals surface area (Å²) < 4.78 is 5.47. The van der Waals surface area contributed by atoms with Gasteiger partial charge in [-0.3, -0.25) is 4.90 Å². The summed E-state index contributed by atoms with van der Waals surface area (Å²) in [5.41, 5.74) is 1.21. The lowest BCUT2D eigenvalue weighted by Gasteiger charge is -2.23. The van der Waals surface area contributed by atoms with Gasteiger partial charge in [-0.2, -0.15) is 0 Å². The molecule has 1 aromatic carbocycles. The number of furan rings is 1. The minimum Gasteiger partial charge on any atom is -0.468 e. The van der Waals surface area contributed by atoms with Gasteiger partial charge in [0.1, 0.15) is 5.76 Å². The van der Waals surface area contributed by atoms with Gasteiger partial charge in [0.15, 0.2) is 5.11 Å². The molecular weight excluding hydrogens is 282 g/mol. The molecule has 2 N–H and O–H groups in total. The van der Waals surface area contributed by atoms with Gasteiger partial charge in [-0.15, -0.1) is 0 Å². The third kappa shape index (κ3) is 4.88. The average Bonchev–Trinajstić information content (AvgIpc) is 3.00. The quantitative estimate of drug-likeness (QED) is 0.803. The molecule has 21 heavy (non-hydrogen) atoms. The molecule has 2 rings (SSSR count). The Balaban J connectivity index is 1.80. The number of benzene rings is 1. The van der Waals surface area contributed by atoms with E-state index in [4.69, 9.17) is 16.6 Å². The molecule has 0 saturated carbocycles. The molecule has 0 spiro atoms. The van der Waals surface area contributed by atoms with Crippen LogP contribution >= 0.6 is 12.2 Å². The number of likely N-dealkylation sites (N-methyl/N-ethyl adjacent to an activating group) is 1. The Bertz CT molecular complexity index is 540. The van der Waals surface area contributed by atoms with E-state index >= 15 is 0 Å². The first-order valence-electron chi connectivity index (χ1n) is 6.92. The van der Waals surface area contributed by atoms with Crippen LogP contribution in [0.15, 0.2) is 53.1 Å². The number of rotatable bonds is 6. The standard InChI is InChI=1S/C16H21N3OS/c1-19(2)14(15-9-6-10-20-15)12-18-16(21)17-11-13-7-4-3-5-8-13/h3-10,14H,11-12H2,1-2H3,(H2,17,18,21)/t14-/m1/s1.